The van der Waals surface area contributed by atoms with Crippen LogP contribution in [0.3, 0.4) is 0 Å². The van der Waals surface area contributed by atoms with Crippen molar-refractivity contribution in [1.29, 1.82) is 0 Å². The largest absolute Gasteiger partial charge is 0.465 e. The fraction of sp³-hybridized carbons (Fsp3) is 0.438. The Morgan fingerprint density at radius 3 is 2.57 bits per heavy atom. The summed E-state index contributed by atoms with van der Waals surface area (Å²) >= 11 is 0. The number of carbonyl (C=O) groups excluding carboxylic acids is 1. The third-order valence-corrected chi connectivity index (χ3v) is 3.32. The molecule has 0 aliphatic heterocycles. The molecule has 2 rings (SSSR count). The zero-order valence-electron chi connectivity index (χ0n) is 12.7. The van der Waals surface area contributed by atoms with E-state index in [0.717, 1.165) is 17.9 Å². The molecular formula is C16H21N3O2. The Hall–Kier alpha value is -2.17. The van der Waals surface area contributed by atoms with E-state index in [9.17, 15) is 4.79 Å². The Labute approximate surface area is 125 Å². The van der Waals surface area contributed by atoms with E-state index in [4.69, 9.17) is 4.74 Å². The van der Waals surface area contributed by atoms with Crippen LogP contribution in [0, 0.1) is 6.92 Å². The lowest BCUT2D eigenvalue weighted by Crippen LogP contribution is -2.20. The van der Waals surface area contributed by atoms with Crippen LogP contribution in [0.2, 0.25) is 0 Å². The van der Waals surface area contributed by atoms with Crippen molar-refractivity contribution in [2.24, 2.45) is 0 Å². The Morgan fingerprint density at radius 1 is 1.24 bits per heavy atom. The number of aryl methyl sites for hydroxylation is 1. The molecule has 0 amide bonds. The maximum absolute atomic E-state index is 12.2. The molecule has 0 aliphatic rings. The molecule has 21 heavy (non-hydrogen) atoms. The third-order valence-electron chi connectivity index (χ3n) is 3.32. The predicted molar refractivity (Wildman–Crippen MR) is 80.4 cm³/mol. The van der Waals surface area contributed by atoms with Crippen LogP contribution in [0.5, 0.6) is 0 Å². The van der Waals surface area contributed by atoms with Crippen LogP contribution >= 0.6 is 0 Å². The Bertz CT molecular complexity index is 593. The number of hydrogen-bond acceptors (Lipinski definition) is 4. The van der Waals surface area contributed by atoms with Crippen molar-refractivity contribution in [3.8, 4) is 5.69 Å². The molecule has 1 unspecified atom stereocenters. The van der Waals surface area contributed by atoms with Gasteiger partial charge in [0, 0.05) is 5.69 Å². The van der Waals surface area contributed by atoms with E-state index in [0.29, 0.717) is 18.9 Å². The minimum Gasteiger partial charge on any atom is -0.465 e. The summed E-state index contributed by atoms with van der Waals surface area (Å²) in [6, 6.07) is 9.83. The lowest BCUT2D eigenvalue weighted by molar-refractivity contribution is -0.145. The monoisotopic (exact) mass is 287 g/mol. The van der Waals surface area contributed by atoms with Gasteiger partial charge in [-0.05, 0) is 32.4 Å². The van der Waals surface area contributed by atoms with Gasteiger partial charge in [-0.25, -0.2) is 0 Å². The average Bonchev–Trinajstić information content (AvgIpc) is 2.87. The molecule has 0 saturated heterocycles. The highest BCUT2D eigenvalue weighted by Gasteiger charge is 2.27. The van der Waals surface area contributed by atoms with E-state index < -0.39 is 0 Å². The van der Waals surface area contributed by atoms with Gasteiger partial charge in [-0.15, -0.1) is 10.2 Å². The highest BCUT2D eigenvalue weighted by atomic mass is 16.5. The number of nitrogens with zero attached hydrogens (tertiary/aromatic N) is 3. The fourth-order valence-corrected chi connectivity index (χ4v) is 2.38. The van der Waals surface area contributed by atoms with Gasteiger partial charge in [-0.2, -0.15) is 0 Å². The molecule has 1 aromatic carbocycles. The van der Waals surface area contributed by atoms with Crippen molar-refractivity contribution in [3.05, 3.63) is 42.0 Å². The maximum atomic E-state index is 12.2. The van der Waals surface area contributed by atoms with E-state index in [2.05, 4.69) is 10.2 Å². The molecule has 0 spiro atoms. The standard InChI is InChI=1S/C16H21N3O2/c1-4-9-14(16(20)21-5-2)15-18-17-12(3)19(15)13-10-7-6-8-11-13/h6-8,10-11,14H,4-5,9H2,1-3H3. The van der Waals surface area contributed by atoms with Gasteiger partial charge in [0.25, 0.3) is 0 Å². The molecule has 112 valence electrons. The number of benzene rings is 1. The van der Waals surface area contributed by atoms with E-state index in [1.165, 1.54) is 0 Å². The average molecular weight is 287 g/mol. The minimum absolute atomic E-state index is 0.232. The molecule has 0 fully saturated rings. The molecule has 0 saturated carbocycles. The molecule has 1 aromatic heterocycles. The van der Waals surface area contributed by atoms with Gasteiger partial charge >= 0.3 is 5.97 Å². The summed E-state index contributed by atoms with van der Waals surface area (Å²) in [6.45, 7) is 6.12. The number of rotatable bonds is 6. The zero-order chi connectivity index (χ0) is 15.2. The van der Waals surface area contributed by atoms with Crippen molar-refractivity contribution in [1.82, 2.24) is 14.8 Å². The summed E-state index contributed by atoms with van der Waals surface area (Å²) in [5.74, 6) is 0.806. The zero-order valence-corrected chi connectivity index (χ0v) is 12.7. The lowest BCUT2D eigenvalue weighted by Gasteiger charge is -2.16. The third kappa shape index (κ3) is 3.29. The van der Waals surface area contributed by atoms with Gasteiger partial charge in [0.1, 0.15) is 11.7 Å². The van der Waals surface area contributed by atoms with Crippen LogP contribution in [0.1, 0.15) is 44.3 Å². The smallest absolute Gasteiger partial charge is 0.316 e. The number of hydrogen-bond donors (Lipinski definition) is 0. The predicted octanol–water partition coefficient (Wildman–Crippen LogP) is 3.02. The van der Waals surface area contributed by atoms with E-state index in [1.807, 2.05) is 55.7 Å². The van der Waals surface area contributed by atoms with Gasteiger partial charge in [0.2, 0.25) is 0 Å². The molecule has 0 bridgehead atoms. The van der Waals surface area contributed by atoms with Gasteiger partial charge in [-0.3, -0.25) is 9.36 Å². The van der Waals surface area contributed by atoms with Gasteiger partial charge < -0.3 is 4.74 Å². The molecule has 1 heterocycles. The molecule has 0 N–H and O–H groups in total. The molecule has 2 aromatic rings. The maximum Gasteiger partial charge on any atom is 0.316 e. The number of ether oxygens (including phenoxy) is 1. The van der Waals surface area contributed by atoms with Crippen LogP contribution in [0.4, 0.5) is 0 Å². The molecule has 5 heteroatoms. The summed E-state index contributed by atoms with van der Waals surface area (Å²) in [4.78, 5) is 12.2. The van der Waals surface area contributed by atoms with E-state index in [1.54, 1.807) is 0 Å². The summed E-state index contributed by atoms with van der Waals surface area (Å²) in [6.07, 6.45) is 1.58. The first kappa shape index (κ1) is 15.2. The Balaban J connectivity index is 2.45. The topological polar surface area (TPSA) is 57.0 Å². The van der Waals surface area contributed by atoms with E-state index in [-0.39, 0.29) is 11.9 Å². The molecule has 0 radical (unpaired) electrons. The van der Waals surface area contributed by atoms with Crippen LogP contribution in [-0.2, 0) is 9.53 Å². The number of aromatic nitrogens is 3. The number of carbonyl (C=O) groups is 1. The molecule has 1 atom stereocenters. The highest BCUT2D eigenvalue weighted by Crippen LogP contribution is 2.25. The second kappa shape index (κ2) is 7.02. The fourth-order valence-electron chi connectivity index (χ4n) is 2.38. The second-order valence-electron chi connectivity index (χ2n) is 4.87. The number of esters is 1. The first-order valence-electron chi connectivity index (χ1n) is 7.33. The highest BCUT2D eigenvalue weighted by molar-refractivity contribution is 5.77. The second-order valence-corrected chi connectivity index (χ2v) is 4.87. The summed E-state index contributed by atoms with van der Waals surface area (Å²) in [5, 5.41) is 8.37. The van der Waals surface area contributed by atoms with Crippen molar-refractivity contribution in [2.75, 3.05) is 6.61 Å². The van der Waals surface area contributed by atoms with Crippen molar-refractivity contribution >= 4 is 5.97 Å². The van der Waals surface area contributed by atoms with Crippen molar-refractivity contribution < 1.29 is 9.53 Å². The van der Waals surface area contributed by atoms with Crippen LogP contribution in [-0.4, -0.2) is 27.3 Å². The first-order chi connectivity index (χ1) is 10.2. The molecular weight excluding hydrogens is 266 g/mol. The Kier molecular flexibility index (Phi) is 5.09. The number of para-hydroxylation sites is 1. The van der Waals surface area contributed by atoms with Crippen molar-refractivity contribution in [2.45, 2.75) is 39.5 Å². The van der Waals surface area contributed by atoms with Crippen LogP contribution in [0.25, 0.3) is 5.69 Å². The van der Waals surface area contributed by atoms with Gasteiger partial charge in [-0.1, -0.05) is 31.5 Å². The summed E-state index contributed by atoms with van der Waals surface area (Å²) < 4.78 is 7.12. The van der Waals surface area contributed by atoms with E-state index >= 15 is 0 Å². The normalized spacial score (nSPS) is 12.1. The summed E-state index contributed by atoms with van der Waals surface area (Å²) in [5.41, 5.74) is 0.959. The summed E-state index contributed by atoms with van der Waals surface area (Å²) in [7, 11) is 0. The van der Waals surface area contributed by atoms with Gasteiger partial charge in [0.15, 0.2) is 5.82 Å². The lowest BCUT2D eigenvalue weighted by atomic mass is 10.0. The molecule has 5 nitrogen and oxygen atoms in total. The first-order valence-corrected chi connectivity index (χ1v) is 7.33. The SMILES string of the molecule is CCCC(C(=O)OCC)c1nnc(C)n1-c1ccccc1. The van der Waals surface area contributed by atoms with Gasteiger partial charge in [0.05, 0.1) is 6.61 Å². The molecule has 0 aliphatic carbocycles. The van der Waals surface area contributed by atoms with Crippen LogP contribution < -0.4 is 0 Å². The Morgan fingerprint density at radius 2 is 1.95 bits per heavy atom. The van der Waals surface area contributed by atoms with Crippen LogP contribution in [0.15, 0.2) is 30.3 Å². The quantitative estimate of drug-likeness (QED) is 0.766. The minimum atomic E-state index is -0.378. The van der Waals surface area contributed by atoms with Crippen molar-refractivity contribution in [3.63, 3.8) is 0 Å².